The van der Waals surface area contributed by atoms with Crippen molar-refractivity contribution in [3.63, 3.8) is 0 Å². The third-order valence-corrected chi connectivity index (χ3v) is 4.92. The Morgan fingerprint density at radius 3 is 2.32 bits per heavy atom. The van der Waals surface area contributed by atoms with Crippen molar-refractivity contribution >= 4 is 23.2 Å². The number of nitrogens with zero attached hydrogens (tertiary/aromatic N) is 1. The third kappa shape index (κ3) is 5.19. The molecule has 1 aliphatic rings. The van der Waals surface area contributed by atoms with Crippen molar-refractivity contribution in [3.05, 3.63) is 59.7 Å². The number of rotatable bonds is 7. The molecule has 0 spiro atoms. The summed E-state index contributed by atoms with van der Waals surface area (Å²) in [5, 5.41) is 7.11. The van der Waals surface area contributed by atoms with Crippen LogP contribution in [0.25, 0.3) is 0 Å². The van der Waals surface area contributed by atoms with Gasteiger partial charge >= 0.3 is 0 Å². The Kier molecular flexibility index (Phi) is 6.42. The van der Waals surface area contributed by atoms with E-state index in [4.69, 9.17) is 4.74 Å². The fourth-order valence-corrected chi connectivity index (χ4v) is 2.89. The summed E-state index contributed by atoms with van der Waals surface area (Å²) in [7, 11) is 1.61. The van der Waals surface area contributed by atoms with Crippen LogP contribution in [0.3, 0.4) is 0 Å². The predicted octanol–water partition coefficient (Wildman–Crippen LogP) is 3.52. The highest BCUT2D eigenvalue weighted by molar-refractivity contribution is 6.00. The molecule has 6 nitrogen and oxygen atoms in total. The second-order valence-corrected chi connectivity index (χ2v) is 6.95. The van der Waals surface area contributed by atoms with Gasteiger partial charge in [-0.3, -0.25) is 9.59 Å². The normalized spacial score (nSPS) is 14.1. The number of ether oxygens (including phenoxy) is 1. The molecular formula is C22H25N3O3. The minimum Gasteiger partial charge on any atom is -0.497 e. The Hall–Kier alpha value is -3.15. The first-order valence-electron chi connectivity index (χ1n) is 9.42. The molecule has 0 aliphatic heterocycles. The van der Waals surface area contributed by atoms with Crippen molar-refractivity contribution in [2.24, 2.45) is 11.0 Å². The number of hydrogen-bond donors (Lipinski definition) is 2. The third-order valence-electron chi connectivity index (χ3n) is 4.92. The maximum Gasteiger partial charge on any atom is 0.244 e. The molecule has 0 saturated heterocycles. The fraction of sp³-hybridized carbons (Fsp3) is 0.318. The largest absolute Gasteiger partial charge is 0.497 e. The number of hydrazone groups is 1. The van der Waals surface area contributed by atoms with Crippen LogP contribution < -0.4 is 15.5 Å². The molecule has 2 aromatic carbocycles. The molecule has 146 valence electrons. The molecule has 2 amide bonds. The Balaban J connectivity index is 1.52. The summed E-state index contributed by atoms with van der Waals surface area (Å²) in [5.74, 6) is 0.818. The minimum atomic E-state index is -0.186. The van der Waals surface area contributed by atoms with Crippen LogP contribution in [0.5, 0.6) is 5.75 Å². The number of carbonyl (C=O) groups excluding carboxylic acids is 2. The first-order chi connectivity index (χ1) is 13.5. The Morgan fingerprint density at radius 2 is 1.75 bits per heavy atom. The van der Waals surface area contributed by atoms with Gasteiger partial charge in [0.15, 0.2) is 0 Å². The molecule has 3 rings (SSSR count). The van der Waals surface area contributed by atoms with Crippen molar-refractivity contribution in [1.82, 2.24) is 5.43 Å². The van der Waals surface area contributed by atoms with E-state index in [2.05, 4.69) is 15.8 Å². The Morgan fingerprint density at radius 1 is 1.07 bits per heavy atom. The molecule has 0 heterocycles. The van der Waals surface area contributed by atoms with Crippen molar-refractivity contribution in [2.75, 3.05) is 12.4 Å². The standard InChI is InChI=1S/C22H25N3O3/c1-15(24-25-21(26)14-16-6-12-20(28-2)13-7-16)17-8-10-19(11-9-17)23-22(27)18-4-3-5-18/h6-13,18H,3-5,14H2,1-2H3,(H,23,27)(H,25,26). The lowest BCUT2D eigenvalue weighted by Gasteiger charge is -2.24. The van der Waals surface area contributed by atoms with Crippen LogP contribution >= 0.6 is 0 Å². The van der Waals surface area contributed by atoms with Gasteiger partial charge in [-0.15, -0.1) is 0 Å². The van der Waals surface area contributed by atoms with E-state index in [1.807, 2.05) is 55.5 Å². The van der Waals surface area contributed by atoms with Crippen LogP contribution in [0.1, 0.15) is 37.3 Å². The zero-order valence-electron chi connectivity index (χ0n) is 16.2. The van der Waals surface area contributed by atoms with Crippen LogP contribution in [-0.4, -0.2) is 24.6 Å². The molecule has 2 aromatic rings. The highest BCUT2D eigenvalue weighted by Crippen LogP contribution is 2.27. The quantitative estimate of drug-likeness (QED) is 0.571. The zero-order chi connectivity index (χ0) is 19.9. The van der Waals surface area contributed by atoms with Crippen molar-refractivity contribution in [3.8, 4) is 5.75 Å². The zero-order valence-corrected chi connectivity index (χ0v) is 16.2. The molecule has 0 bridgehead atoms. The Bertz CT molecular complexity index is 854. The van der Waals surface area contributed by atoms with E-state index in [1.165, 1.54) is 0 Å². The second-order valence-electron chi connectivity index (χ2n) is 6.95. The monoisotopic (exact) mass is 379 g/mol. The number of hydrogen-bond acceptors (Lipinski definition) is 4. The lowest BCUT2D eigenvalue weighted by atomic mass is 9.85. The molecule has 1 fully saturated rings. The van der Waals surface area contributed by atoms with Crippen LogP contribution in [0, 0.1) is 5.92 Å². The summed E-state index contributed by atoms with van der Waals surface area (Å²) in [5.41, 5.74) is 5.82. The fourth-order valence-electron chi connectivity index (χ4n) is 2.89. The van der Waals surface area contributed by atoms with Crippen molar-refractivity contribution in [2.45, 2.75) is 32.6 Å². The number of carbonyl (C=O) groups is 2. The number of amides is 2. The summed E-state index contributed by atoms with van der Waals surface area (Å²) < 4.78 is 5.11. The molecule has 1 aliphatic carbocycles. The molecule has 0 unspecified atom stereocenters. The van der Waals surface area contributed by atoms with Gasteiger partial charge in [-0.2, -0.15) is 5.10 Å². The first kappa shape index (κ1) is 19.6. The van der Waals surface area contributed by atoms with Gasteiger partial charge in [0, 0.05) is 11.6 Å². The second kappa shape index (κ2) is 9.17. The lowest BCUT2D eigenvalue weighted by molar-refractivity contribution is -0.122. The SMILES string of the molecule is COc1ccc(CC(=O)NN=C(C)c2ccc(NC(=O)C3CCC3)cc2)cc1. The summed E-state index contributed by atoms with van der Waals surface area (Å²) in [6, 6.07) is 14.8. The predicted molar refractivity (Wildman–Crippen MR) is 109 cm³/mol. The maximum absolute atomic E-state index is 12.1. The van der Waals surface area contributed by atoms with E-state index in [9.17, 15) is 9.59 Å². The number of benzene rings is 2. The first-order valence-corrected chi connectivity index (χ1v) is 9.42. The van der Waals surface area contributed by atoms with Crippen LogP contribution in [0.4, 0.5) is 5.69 Å². The summed E-state index contributed by atoms with van der Waals surface area (Å²) in [4.78, 5) is 24.1. The number of nitrogens with one attached hydrogen (secondary N) is 2. The highest BCUT2D eigenvalue weighted by Gasteiger charge is 2.25. The average molecular weight is 379 g/mol. The molecular weight excluding hydrogens is 354 g/mol. The van der Waals surface area contributed by atoms with E-state index >= 15 is 0 Å². The van der Waals surface area contributed by atoms with Gasteiger partial charge in [0.25, 0.3) is 0 Å². The van der Waals surface area contributed by atoms with Crippen LogP contribution in [0.2, 0.25) is 0 Å². The van der Waals surface area contributed by atoms with Gasteiger partial charge < -0.3 is 10.1 Å². The Labute approximate surface area is 165 Å². The molecule has 0 atom stereocenters. The highest BCUT2D eigenvalue weighted by atomic mass is 16.5. The van der Waals surface area contributed by atoms with Gasteiger partial charge in [-0.25, -0.2) is 5.43 Å². The van der Waals surface area contributed by atoms with E-state index in [1.54, 1.807) is 7.11 Å². The number of methoxy groups -OCH3 is 1. The summed E-state index contributed by atoms with van der Waals surface area (Å²) in [6.45, 7) is 1.83. The molecule has 0 radical (unpaired) electrons. The topological polar surface area (TPSA) is 79.8 Å². The minimum absolute atomic E-state index is 0.0928. The number of anilines is 1. The average Bonchev–Trinajstić information content (AvgIpc) is 2.66. The van der Waals surface area contributed by atoms with E-state index in [-0.39, 0.29) is 24.2 Å². The maximum atomic E-state index is 12.1. The van der Waals surface area contributed by atoms with E-state index < -0.39 is 0 Å². The summed E-state index contributed by atoms with van der Waals surface area (Å²) in [6.07, 6.45) is 3.33. The van der Waals surface area contributed by atoms with Gasteiger partial charge in [-0.1, -0.05) is 30.7 Å². The molecule has 6 heteroatoms. The van der Waals surface area contributed by atoms with E-state index in [0.717, 1.165) is 41.8 Å². The van der Waals surface area contributed by atoms with Gasteiger partial charge in [0.05, 0.1) is 19.2 Å². The van der Waals surface area contributed by atoms with Crippen LogP contribution in [-0.2, 0) is 16.0 Å². The molecule has 1 saturated carbocycles. The smallest absolute Gasteiger partial charge is 0.244 e. The van der Waals surface area contributed by atoms with Crippen LogP contribution in [0.15, 0.2) is 53.6 Å². The summed E-state index contributed by atoms with van der Waals surface area (Å²) >= 11 is 0. The van der Waals surface area contributed by atoms with Gasteiger partial charge in [-0.05, 0) is 55.2 Å². The molecule has 28 heavy (non-hydrogen) atoms. The van der Waals surface area contributed by atoms with Gasteiger partial charge in [0.2, 0.25) is 11.8 Å². The lowest BCUT2D eigenvalue weighted by Crippen LogP contribution is -2.28. The van der Waals surface area contributed by atoms with E-state index in [0.29, 0.717) is 5.71 Å². The van der Waals surface area contributed by atoms with Crippen molar-refractivity contribution in [1.29, 1.82) is 0 Å². The van der Waals surface area contributed by atoms with Gasteiger partial charge in [0.1, 0.15) is 5.75 Å². The molecule has 2 N–H and O–H groups in total. The van der Waals surface area contributed by atoms with Crippen molar-refractivity contribution < 1.29 is 14.3 Å². The molecule has 0 aromatic heterocycles.